The highest BCUT2D eigenvalue weighted by atomic mass is 16.5. The number of piperidine rings is 1. The minimum atomic E-state index is -0.0896. The van der Waals surface area contributed by atoms with Crippen LogP contribution in [0.3, 0.4) is 0 Å². The second kappa shape index (κ2) is 9.45. The van der Waals surface area contributed by atoms with Gasteiger partial charge in [0.15, 0.2) is 18.1 Å². The molecular weight excluding hydrogens is 368 g/mol. The van der Waals surface area contributed by atoms with Crippen molar-refractivity contribution in [3.05, 3.63) is 53.6 Å². The van der Waals surface area contributed by atoms with Crippen LogP contribution in [0.15, 0.2) is 42.5 Å². The summed E-state index contributed by atoms with van der Waals surface area (Å²) in [5.41, 5.74) is 3.00. The molecule has 29 heavy (non-hydrogen) atoms. The maximum atomic E-state index is 12.7. The summed E-state index contributed by atoms with van der Waals surface area (Å²) in [6, 6.07) is 13.2. The van der Waals surface area contributed by atoms with Gasteiger partial charge < -0.3 is 19.7 Å². The Morgan fingerprint density at radius 2 is 1.62 bits per heavy atom. The number of anilines is 1. The Hall–Kier alpha value is -3.02. The summed E-state index contributed by atoms with van der Waals surface area (Å²) in [5, 5.41) is 3.07. The van der Waals surface area contributed by atoms with Crippen molar-refractivity contribution >= 4 is 17.5 Å². The Morgan fingerprint density at radius 1 is 1.00 bits per heavy atom. The van der Waals surface area contributed by atoms with Gasteiger partial charge in [-0.05, 0) is 49.9 Å². The third-order valence-corrected chi connectivity index (χ3v) is 5.37. The smallest absolute Gasteiger partial charge is 0.260 e. The first kappa shape index (κ1) is 20.7. The first-order valence-electron chi connectivity index (χ1n) is 9.90. The van der Waals surface area contributed by atoms with Gasteiger partial charge in [0.05, 0.1) is 7.11 Å². The fraction of sp³-hybridized carbons (Fsp3) is 0.391. The third kappa shape index (κ3) is 5.08. The lowest BCUT2D eigenvalue weighted by atomic mass is 9.95. The Bertz CT molecular complexity index is 853. The molecule has 0 radical (unpaired) electrons. The maximum absolute atomic E-state index is 12.7. The average Bonchev–Trinajstić information content (AvgIpc) is 2.75. The van der Waals surface area contributed by atoms with Crippen LogP contribution in [0.2, 0.25) is 0 Å². The number of para-hydroxylation sites is 3. The van der Waals surface area contributed by atoms with Gasteiger partial charge in [-0.1, -0.05) is 30.3 Å². The summed E-state index contributed by atoms with van der Waals surface area (Å²) >= 11 is 0. The Balaban J connectivity index is 1.49. The number of nitrogens with one attached hydrogen (secondary N) is 1. The molecule has 1 heterocycles. The quantitative estimate of drug-likeness (QED) is 0.811. The monoisotopic (exact) mass is 396 g/mol. The van der Waals surface area contributed by atoms with Crippen LogP contribution in [0.4, 0.5) is 5.69 Å². The summed E-state index contributed by atoms with van der Waals surface area (Å²) in [4.78, 5) is 26.9. The van der Waals surface area contributed by atoms with Crippen molar-refractivity contribution in [1.82, 2.24) is 4.90 Å². The van der Waals surface area contributed by atoms with Crippen LogP contribution in [-0.2, 0) is 9.59 Å². The van der Waals surface area contributed by atoms with Gasteiger partial charge in [-0.2, -0.15) is 0 Å². The molecule has 0 aliphatic carbocycles. The Morgan fingerprint density at radius 3 is 2.24 bits per heavy atom. The number of benzene rings is 2. The molecule has 0 bridgehead atoms. The normalized spacial score (nSPS) is 14.4. The van der Waals surface area contributed by atoms with E-state index >= 15 is 0 Å². The number of hydrogen-bond acceptors (Lipinski definition) is 4. The molecule has 0 saturated carbocycles. The van der Waals surface area contributed by atoms with E-state index in [1.807, 2.05) is 44.2 Å². The molecule has 6 heteroatoms. The van der Waals surface area contributed by atoms with Crippen molar-refractivity contribution in [2.75, 3.05) is 32.1 Å². The van der Waals surface area contributed by atoms with Crippen molar-refractivity contribution in [1.29, 1.82) is 0 Å². The number of carbonyl (C=O) groups excluding carboxylic acids is 2. The molecule has 2 aromatic rings. The van der Waals surface area contributed by atoms with E-state index in [2.05, 4.69) is 5.32 Å². The summed E-state index contributed by atoms with van der Waals surface area (Å²) in [5.74, 6) is 1.01. The largest absolute Gasteiger partial charge is 0.493 e. The molecule has 0 unspecified atom stereocenters. The fourth-order valence-corrected chi connectivity index (χ4v) is 3.60. The first-order chi connectivity index (χ1) is 14.0. The van der Waals surface area contributed by atoms with Crippen molar-refractivity contribution in [2.24, 2.45) is 5.92 Å². The molecule has 1 saturated heterocycles. The molecule has 1 aliphatic heterocycles. The average molecular weight is 396 g/mol. The Labute approximate surface area is 171 Å². The Kier molecular flexibility index (Phi) is 6.75. The predicted octanol–water partition coefficient (Wildman–Crippen LogP) is 3.57. The number of nitrogens with zero attached hydrogens (tertiary/aromatic N) is 1. The standard InChI is InChI=1S/C23H28N2O4/c1-16-7-6-8-17(2)22(16)24-23(27)18-11-13-25(14-12-18)21(26)15-29-20-10-5-4-9-19(20)28-3/h4-10,18H,11-15H2,1-3H3,(H,24,27). The molecule has 1 N–H and O–H groups in total. The van der Waals surface area contributed by atoms with E-state index in [0.29, 0.717) is 37.4 Å². The van der Waals surface area contributed by atoms with Gasteiger partial charge in [0.25, 0.3) is 5.91 Å². The summed E-state index contributed by atoms with van der Waals surface area (Å²) in [6.45, 7) is 5.05. The van der Waals surface area contributed by atoms with Gasteiger partial charge in [-0.25, -0.2) is 0 Å². The van der Waals surface area contributed by atoms with Gasteiger partial charge in [0.2, 0.25) is 5.91 Å². The van der Waals surface area contributed by atoms with Crippen LogP contribution >= 0.6 is 0 Å². The summed E-state index contributed by atoms with van der Waals surface area (Å²) < 4.78 is 10.9. The number of ether oxygens (including phenoxy) is 2. The molecule has 3 rings (SSSR count). The highest BCUT2D eigenvalue weighted by Crippen LogP contribution is 2.26. The number of amides is 2. The molecular formula is C23H28N2O4. The highest BCUT2D eigenvalue weighted by Gasteiger charge is 2.28. The van der Waals surface area contributed by atoms with Crippen molar-refractivity contribution < 1.29 is 19.1 Å². The van der Waals surface area contributed by atoms with E-state index in [4.69, 9.17) is 9.47 Å². The zero-order valence-electron chi connectivity index (χ0n) is 17.2. The SMILES string of the molecule is COc1ccccc1OCC(=O)N1CCC(C(=O)Nc2c(C)cccc2C)CC1. The van der Waals surface area contributed by atoms with E-state index in [1.165, 1.54) is 0 Å². The molecule has 6 nitrogen and oxygen atoms in total. The molecule has 1 aliphatic rings. The fourth-order valence-electron chi connectivity index (χ4n) is 3.60. The summed E-state index contributed by atoms with van der Waals surface area (Å²) in [6.07, 6.45) is 1.30. The number of rotatable bonds is 6. The van der Waals surface area contributed by atoms with E-state index in [-0.39, 0.29) is 24.3 Å². The van der Waals surface area contributed by atoms with Crippen molar-refractivity contribution in [3.63, 3.8) is 0 Å². The molecule has 2 aromatic carbocycles. The van der Waals surface area contributed by atoms with Crippen molar-refractivity contribution in [3.8, 4) is 11.5 Å². The number of aryl methyl sites for hydroxylation is 2. The third-order valence-electron chi connectivity index (χ3n) is 5.37. The van der Waals surface area contributed by atoms with E-state index in [0.717, 1.165) is 16.8 Å². The molecule has 0 aromatic heterocycles. The molecule has 0 spiro atoms. The molecule has 2 amide bonds. The minimum Gasteiger partial charge on any atom is -0.493 e. The van der Waals surface area contributed by atoms with Gasteiger partial charge >= 0.3 is 0 Å². The van der Waals surface area contributed by atoms with E-state index < -0.39 is 0 Å². The van der Waals surface area contributed by atoms with Gasteiger partial charge in [-0.3, -0.25) is 9.59 Å². The number of carbonyl (C=O) groups is 2. The predicted molar refractivity (Wildman–Crippen MR) is 112 cm³/mol. The van der Waals surface area contributed by atoms with Crippen LogP contribution < -0.4 is 14.8 Å². The lowest BCUT2D eigenvalue weighted by Gasteiger charge is -2.31. The second-order valence-corrected chi connectivity index (χ2v) is 7.35. The van der Waals surface area contributed by atoms with Crippen LogP contribution in [-0.4, -0.2) is 43.5 Å². The van der Waals surface area contributed by atoms with E-state index in [9.17, 15) is 9.59 Å². The second-order valence-electron chi connectivity index (χ2n) is 7.35. The topological polar surface area (TPSA) is 67.9 Å². The first-order valence-corrected chi connectivity index (χ1v) is 9.90. The highest BCUT2D eigenvalue weighted by molar-refractivity contribution is 5.94. The van der Waals surface area contributed by atoms with Gasteiger partial charge in [0, 0.05) is 24.7 Å². The van der Waals surface area contributed by atoms with Crippen LogP contribution in [0.25, 0.3) is 0 Å². The lowest BCUT2D eigenvalue weighted by Crippen LogP contribution is -2.43. The minimum absolute atomic E-state index is 0.0276. The maximum Gasteiger partial charge on any atom is 0.260 e. The van der Waals surface area contributed by atoms with Crippen LogP contribution in [0, 0.1) is 19.8 Å². The molecule has 154 valence electrons. The van der Waals surface area contributed by atoms with E-state index in [1.54, 1.807) is 24.1 Å². The van der Waals surface area contributed by atoms with Gasteiger partial charge in [-0.15, -0.1) is 0 Å². The number of likely N-dealkylation sites (tertiary alicyclic amines) is 1. The molecule has 1 fully saturated rings. The zero-order valence-corrected chi connectivity index (χ0v) is 17.2. The zero-order chi connectivity index (χ0) is 20.8. The summed E-state index contributed by atoms with van der Waals surface area (Å²) in [7, 11) is 1.57. The number of hydrogen-bond donors (Lipinski definition) is 1. The number of methoxy groups -OCH3 is 1. The molecule has 0 atom stereocenters. The van der Waals surface area contributed by atoms with Gasteiger partial charge in [0.1, 0.15) is 0 Å². The van der Waals surface area contributed by atoms with Crippen LogP contribution in [0.5, 0.6) is 11.5 Å². The lowest BCUT2D eigenvalue weighted by molar-refractivity contribution is -0.136. The van der Waals surface area contributed by atoms with Crippen LogP contribution in [0.1, 0.15) is 24.0 Å². The van der Waals surface area contributed by atoms with Crippen molar-refractivity contribution in [2.45, 2.75) is 26.7 Å².